The lowest BCUT2D eigenvalue weighted by Crippen LogP contribution is -2.42. The molecule has 0 aliphatic carbocycles. The molecular weight excluding hydrogens is 252 g/mol. The highest BCUT2D eigenvalue weighted by Crippen LogP contribution is 2.19. The highest BCUT2D eigenvalue weighted by Gasteiger charge is 2.25. The first-order valence-corrected chi connectivity index (χ1v) is 7.47. The van der Waals surface area contributed by atoms with Crippen LogP contribution in [0.15, 0.2) is 24.3 Å². The van der Waals surface area contributed by atoms with Crippen molar-refractivity contribution < 1.29 is 9.90 Å². The summed E-state index contributed by atoms with van der Waals surface area (Å²) < 4.78 is 0. The first kappa shape index (κ1) is 15.0. The van der Waals surface area contributed by atoms with E-state index in [4.69, 9.17) is 5.73 Å². The molecule has 0 spiro atoms. The summed E-state index contributed by atoms with van der Waals surface area (Å²) in [7, 11) is 0. The number of rotatable bonds is 4. The molecule has 1 unspecified atom stereocenters. The van der Waals surface area contributed by atoms with Gasteiger partial charge in [0.05, 0.1) is 12.6 Å². The number of carbonyl (C=O) groups excluding carboxylic acids is 1. The van der Waals surface area contributed by atoms with Crippen LogP contribution in [0.4, 0.5) is 0 Å². The number of nitrogens with zero attached hydrogens (tertiary/aromatic N) is 1. The number of hydrogen-bond donors (Lipinski definition) is 2. The summed E-state index contributed by atoms with van der Waals surface area (Å²) in [5.41, 5.74) is 7.36. The average molecular weight is 276 g/mol. The van der Waals surface area contributed by atoms with Gasteiger partial charge in [-0.2, -0.15) is 0 Å². The molecule has 1 atom stereocenters. The third-order valence-electron chi connectivity index (χ3n) is 3.96. The Bertz CT molecular complexity index is 448. The lowest BCUT2D eigenvalue weighted by atomic mass is 10.1. The zero-order valence-corrected chi connectivity index (χ0v) is 11.9. The van der Waals surface area contributed by atoms with Crippen molar-refractivity contribution in [3.8, 4) is 0 Å². The van der Waals surface area contributed by atoms with Crippen molar-refractivity contribution in [1.29, 1.82) is 0 Å². The highest BCUT2D eigenvalue weighted by atomic mass is 16.3. The van der Waals surface area contributed by atoms with Crippen LogP contribution in [0.2, 0.25) is 0 Å². The number of carbonyl (C=O) groups is 1. The topological polar surface area (TPSA) is 66.6 Å². The second kappa shape index (κ2) is 7.41. The Morgan fingerprint density at radius 1 is 1.35 bits per heavy atom. The molecule has 110 valence electrons. The highest BCUT2D eigenvalue weighted by molar-refractivity contribution is 5.94. The molecule has 0 saturated carbocycles. The van der Waals surface area contributed by atoms with Crippen molar-refractivity contribution in [3.63, 3.8) is 0 Å². The maximum Gasteiger partial charge on any atom is 0.254 e. The zero-order valence-electron chi connectivity index (χ0n) is 11.9. The molecular formula is C16H24N2O2. The molecule has 0 radical (unpaired) electrons. The fourth-order valence-electron chi connectivity index (χ4n) is 2.83. The third kappa shape index (κ3) is 3.58. The van der Waals surface area contributed by atoms with E-state index in [0.717, 1.165) is 44.2 Å². The van der Waals surface area contributed by atoms with Gasteiger partial charge in [-0.15, -0.1) is 0 Å². The fraction of sp³-hybridized carbons (Fsp3) is 0.562. The van der Waals surface area contributed by atoms with Crippen LogP contribution < -0.4 is 5.73 Å². The second-order valence-corrected chi connectivity index (χ2v) is 5.42. The van der Waals surface area contributed by atoms with Gasteiger partial charge in [-0.25, -0.2) is 0 Å². The first-order chi connectivity index (χ1) is 9.76. The third-order valence-corrected chi connectivity index (χ3v) is 3.96. The molecule has 1 fully saturated rings. The van der Waals surface area contributed by atoms with Crippen molar-refractivity contribution >= 4 is 5.91 Å². The summed E-state index contributed by atoms with van der Waals surface area (Å²) in [6.45, 7) is 1.38. The summed E-state index contributed by atoms with van der Waals surface area (Å²) >= 11 is 0. The molecule has 4 heteroatoms. The molecule has 0 aromatic heterocycles. The molecule has 1 amide bonds. The summed E-state index contributed by atoms with van der Waals surface area (Å²) in [6.07, 6.45) is 4.91. The van der Waals surface area contributed by atoms with E-state index < -0.39 is 0 Å². The Kier molecular flexibility index (Phi) is 5.56. The standard InChI is InChI=1S/C16H24N2O2/c17-9-8-13-5-4-6-14(11-13)16(20)18-10-3-1-2-7-15(18)12-19/h4-6,11,15,19H,1-3,7-10,12,17H2. The van der Waals surface area contributed by atoms with Crippen LogP contribution in [0.25, 0.3) is 0 Å². The van der Waals surface area contributed by atoms with Crippen LogP contribution >= 0.6 is 0 Å². The first-order valence-electron chi connectivity index (χ1n) is 7.47. The van der Waals surface area contributed by atoms with Gasteiger partial charge in [0.1, 0.15) is 0 Å². The fourth-order valence-corrected chi connectivity index (χ4v) is 2.83. The van der Waals surface area contributed by atoms with Crippen LogP contribution in [0, 0.1) is 0 Å². The maximum atomic E-state index is 12.7. The molecule has 3 N–H and O–H groups in total. The summed E-state index contributed by atoms with van der Waals surface area (Å²) in [4.78, 5) is 14.5. The van der Waals surface area contributed by atoms with Crippen molar-refractivity contribution in [3.05, 3.63) is 35.4 Å². The van der Waals surface area contributed by atoms with Crippen molar-refractivity contribution in [2.45, 2.75) is 38.1 Å². The maximum absolute atomic E-state index is 12.7. The number of aliphatic hydroxyl groups excluding tert-OH is 1. The molecule has 1 aliphatic heterocycles. The van der Waals surface area contributed by atoms with E-state index >= 15 is 0 Å². The Balaban J connectivity index is 2.17. The van der Waals surface area contributed by atoms with Gasteiger partial charge in [0.25, 0.3) is 5.91 Å². The van der Waals surface area contributed by atoms with Crippen molar-refractivity contribution in [1.82, 2.24) is 4.90 Å². The summed E-state index contributed by atoms with van der Waals surface area (Å²) in [6, 6.07) is 7.64. The van der Waals surface area contributed by atoms with E-state index in [1.165, 1.54) is 0 Å². The number of hydrogen-bond acceptors (Lipinski definition) is 3. The lowest BCUT2D eigenvalue weighted by molar-refractivity contribution is 0.0599. The number of benzene rings is 1. The zero-order chi connectivity index (χ0) is 14.4. The van der Waals surface area contributed by atoms with Gasteiger partial charge in [-0.3, -0.25) is 4.79 Å². The van der Waals surface area contributed by atoms with Crippen molar-refractivity contribution in [2.24, 2.45) is 5.73 Å². The van der Waals surface area contributed by atoms with E-state index in [1.54, 1.807) is 0 Å². The van der Waals surface area contributed by atoms with Crippen LogP contribution in [0.1, 0.15) is 41.6 Å². The minimum atomic E-state index is -0.0387. The number of nitrogens with two attached hydrogens (primary N) is 1. The van der Waals surface area contributed by atoms with Gasteiger partial charge in [-0.1, -0.05) is 25.0 Å². The number of aliphatic hydroxyl groups is 1. The van der Waals surface area contributed by atoms with E-state index in [1.807, 2.05) is 29.2 Å². The Morgan fingerprint density at radius 3 is 2.95 bits per heavy atom. The Labute approximate surface area is 120 Å². The average Bonchev–Trinajstić information content (AvgIpc) is 2.72. The van der Waals surface area contributed by atoms with E-state index in [-0.39, 0.29) is 18.6 Å². The molecule has 4 nitrogen and oxygen atoms in total. The lowest BCUT2D eigenvalue weighted by Gasteiger charge is -2.28. The SMILES string of the molecule is NCCc1cccc(C(=O)N2CCCCCC2CO)c1. The van der Waals surface area contributed by atoms with E-state index in [9.17, 15) is 9.90 Å². The predicted octanol–water partition coefficient (Wildman–Crippen LogP) is 1.56. The van der Waals surface area contributed by atoms with Gasteiger partial charge in [-0.05, 0) is 43.5 Å². The number of amides is 1. The van der Waals surface area contributed by atoms with Gasteiger partial charge in [0.15, 0.2) is 0 Å². The smallest absolute Gasteiger partial charge is 0.254 e. The minimum absolute atomic E-state index is 0.0322. The minimum Gasteiger partial charge on any atom is -0.394 e. The van der Waals surface area contributed by atoms with Gasteiger partial charge < -0.3 is 15.7 Å². The molecule has 1 aliphatic rings. The van der Waals surface area contributed by atoms with E-state index in [0.29, 0.717) is 12.1 Å². The number of likely N-dealkylation sites (tertiary alicyclic amines) is 1. The van der Waals surface area contributed by atoms with Crippen LogP contribution in [0.3, 0.4) is 0 Å². The normalized spacial score (nSPS) is 19.7. The van der Waals surface area contributed by atoms with Crippen LogP contribution in [-0.4, -0.2) is 41.7 Å². The molecule has 20 heavy (non-hydrogen) atoms. The van der Waals surface area contributed by atoms with Gasteiger partial charge in [0.2, 0.25) is 0 Å². The van der Waals surface area contributed by atoms with Gasteiger partial charge in [0, 0.05) is 12.1 Å². The monoisotopic (exact) mass is 276 g/mol. The van der Waals surface area contributed by atoms with Crippen molar-refractivity contribution in [2.75, 3.05) is 19.7 Å². The molecule has 1 aromatic rings. The predicted molar refractivity (Wildman–Crippen MR) is 79.6 cm³/mol. The summed E-state index contributed by atoms with van der Waals surface area (Å²) in [5, 5.41) is 9.51. The van der Waals surface area contributed by atoms with Crippen LogP contribution in [0.5, 0.6) is 0 Å². The Hall–Kier alpha value is -1.39. The molecule has 1 saturated heterocycles. The van der Waals surface area contributed by atoms with Crippen LogP contribution in [-0.2, 0) is 6.42 Å². The molecule has 0 bridgehead atoms. The van der Waals surface area contributed by atoms with E-state index in [2.05, 4.69) is 0 Å². The second-order valence-electron chi connectivity index (χ2n) is 5.42. The summed E-state index contributed by atoms with van der Waals surface area (Å²) in [5.74, 6) is 0.0322. The van der Waals surface area contributed by atoms with Gasteiger partial charge >= 0.3 is 0 Å². The Morgan fingerprint density at radius 2 is 2.20 bits per heavy atom. The quantitative estimate of drug-likeness (QED) is 0.877. The molecule has 1 aromatic carbocycles. The molecule has 2 rings (SSSR count). The largest absolute Gasteiger partial charge is 0.394 e. The molecule has 1 heterocycles.